The number of pyridine rings is 1. The van der Waals surface area contributed by atoms with Crippen LogP contribution in [0.5, 0.6) is 0 Å². The lowest BCUT2D eigenvalue weighted by molar-refractivity contribution is -0.128. The zero-order valence-corrected chi connectivity index (χ0v) is 15.8. The van der Waals surface area contributed by atoms with E-state index in [1.807, 2.05) is 4.90 Å². The molecule has 1 saturated carbocycles. The first-order chi connectivity index (χ1) is 13.4. The second-order valence-electron chi connectivity index (χ2n) is 7.14. The summed E-state index contributed by atoms with van der Waals surface area (Å²) in [6.45, 7) is 1.78. The fourth-order valence-corrected chi connectivity index (χ4v) is 3.86. The molecular formula is C19H19ClFN3O4. The molecule has 0 radical (unpaired) electrons. The van der Waals surface area contributed by atoms with Gasteiger partial charge in [0.15, 0.2) is 0 Å². The van der Waals surface area contributed by atoms with E-state index in [0.717, 1.165) is 18.9 Å². The molecule has 148 valence electrons. The number of carbonyl (C=O) groups excluding carboxylic acids is 1. The molecular weight excluding hydrogens is 389 g/mol. The number of benzene rings is 1. The molecule has 1 aromatic carbocycles. The van der Waals surface area contributed by atoms with Crippen LogP contribution in [0, 0.1) is 5.82 Å². The van der Waals surface area contributed by atoms with E-state index in [9.17, 15) is 23.9 Å². The highest BCUT2D eigenvalue weighted by Gasteiger charge is 2.28. The van der Waals surface area contributed by atoms with Gasteiger partial charge in [-0.2, -0.15) is 0 Å². The highest BCUT2D eigenvalue weighted by molar-refractivity contribution is 6.27. The molecule has 0 bridgehead atoms. The van der Waals surface area contributed by atoms with E-state index in [0.29, 0.717) is 37.4 Å². The van der Waals surface area contributed by atoms with Crippen LogP contribution in [0.4, 0.5) is 10.1 Å². The van der Waals surface area contributed by atoms with Crippen LogP contribution in [0.2, 0.25) is 0 Å². The van der Waals surface area contributed by atoms with Gasteiger partial charge < -0.3 is 19.5 Å². The van der Waals surface area contributed by atoms with Crippen molar-refractivity contribution in [2.24, 2.45) is 0 Å². The molecule has 1 amide bonds. The quantitative estimate of drug-likeness (QED) is 0.784. The van der Waals surface area contributed by atoms with Crippen molar-refractivity contribution in [1.82, 2.24) is 9.47 Å². The van der Waals surface area contributed by atoms with Crippen molar-refractivity contribution in [2.45, 2.75) is 18.9 Å². The Morgan fingerprint density at radius 1 is 1.18 bits per heavy atom. The Hall–Kier alpha value is -2.61. The number of fused-ring (bicyclic) bond motifs is 1. The molecule has 9 heteroatoms. The minimum absolute atomic E-state index is 0.0732. The van der Waals surface area contributed by atoms with E-state index in [4.69, 9.17) is 11.6 Å². The molecule has 1 aliphatic heterocycles. The summed E-state index contributed by atoms with van der Waals surface area (Å²) < 4.78 is 16.6. The maximum atomic E-state index is 14.8. The van der Waals surface area contributed by atoms with Crippen LogP contribution < -0.4 is 10.3 Å². The van der Waals surface area contributed by atoms with Gasteiger partial charge in [-0.05, 0) is 25.0 Å². The molecule has 0 spiro atoms. The molecule has 1 N–H and O–H groups in total. The number of carboxylic acid groups (broad SMARTS) is 1. The number of halogens is 2. The molecule has 0 atom stereocenters. The summed E-state index contributed by atoms with van der Waals surface area (Å²) in [6.07, 6.45) is 3.15. The van der Waals surface area contributed by atoms with E-state index in [1.54, 1.807) is 15.5 Å². The average molecular weight is 408 g/mol. The Kier molecular flexibility index (Phi) is 4.74. The number of alkyl halides is 1. The Balaban J connectivity index is 1.75. The van der Waals surface area contributed by atoms with Gasteiger partial charge in [0, 0.05) is 43.8 Å². The predicted molar refractivity (Wildman–Crippen MR) is 103 cm³/mol. The standard InChI is InChI=1S/C19H19ClFN3O4/c20-9-17(25)23-5-3-22(4-6-23)16-8-15-12(7-14(16)21)18(26)13(19(27)28)10-24(15)11-1-2-11/h7-8,10-11H,1-6,9H2,(H,27,28). The lowest BCUT2D eigenvalue weighted by atomic mass is 10.1. The topological polar surface area (TPSA) is 82.8 Å². The van der Waals surface area contributed by atoms with Crippen molar-refractivity contribution in [1.29, 1.82) is 0 Å². The van der Waals surface area contributed by atoms with Gasteiger partial charge in [-0.1, -0.05) is 0 Å². The monoisotopic (exact) mass is 407 g/mol. The zero-order valence-electron chi connectivity index (χ0n) is 15.0. The number of hydrogen-bond donors (Lipinski definition) is 1. The fraction of sp³-hybridized carbons (Fsp3) is 0.421. The van der Waals surface area contributed by atoms with E-state index in [1.165, 1.54) is 6.20 Å². The van der Waals surface area contributed by atoms with E-state index < -0.39 is 17.2 Å². The normalized spacial score (nSPS) is 17.2. The van der Waals surface area contributed by atoms with Gasteiger partial charge in [0.2, 0.25) is 11.3 Å². The molecule has 0 unspecified atom stereocenters. The van der Waals surface area contributed by atoms with Gasteiger partial charge in [0.05, 0.1) is 11.2 Å². The zero-order chi connectivity index (χ0) is 20.0. The minimum atomic E-state index is -1.31. The molecule has 2 fully saturated rings. The maximum Gasteiger partial charge on any atom is 0.341 e. The molecule has 1 saturated heterocycles. The SMILES string of the molecule is O=C(O)c1cn(C2CC2)c2cc(N3CCN(C(=O)CCl)CC3)c(F)cc2c1=O. The number of amides is 1. The smallest absolute Gasteiger partial charge is 0.341 e. The number of carboxylic acids is 1. The molecule has 1 aliphatic carbocycles. The Morgan fingerprint density at radius 2 is 1.86 bits per heavy atom. The van der Waals surface area contributed by atoms with Crippen LogP contribution >= 0.6 is 11.6 Å². The number of rotatable bonds is 4. The summed E-state index contributed by atoms with van der Waals surface area (Å²) >= 11 is 5.59. The Labute approximate surface area is 164 Å². The van der Waals surface area contributed by atoms with Gasteiger partial charge in [-0.25, -0.2) is 9.18 Å². The van der Waals surface area contributed by atoms with Gasteiger partial charge in [-0.15, -0.1) is 11.6 Å². The third kappa shape index (κ3) is 3.22. The third-order valence-electron chi connectivity index (χ3n) is 5.36. The molecule has 2 aliphatic rings. The third-order valence-corrected chi connectivity index (χ3v) is 5.59. The second-order valence-corrected chi connectivity index (χ2v) is 7.40. The summed E-state index contributed by atoms with van der Waals surface area (Å²) in [5.74, 6) is -2.12. The van der Waals surface area contributed by atoms with Crippen LogP contribution in [-0.4, -0.2) is 58.5 Å². The van der Waals surface area contributed by atoms with Crippen LogP contribution in [0.15, 0.2) is 23.1 Å². The van der Waals surface area contributed by atoms with Crippen LogP contribution in [0.1, 0.15) is 29.2 Å². The van der Waals surface area contributed by atoms with Gasteiger partial charge in [0.25, 0.3) is 0 Å². The minimum Gasteiger partial charge on any atom is -0.477 e. The van der Waals surface area contributed by atoms with Gasteiger partial charge in [0.1, 0.15) is 17.3 Å². The van der Waals surface area contributed by atoms with Crippen molar-refractivity contribution >= 4 is 40.1 Å². The number of carbonyl (C=O) groups is 2. The van der Waals surface area contributed by atoms with Gasteiger partial charge >= 0.3 is 5.97 Å². The average Bonchev–Trinajstić information content (AvgIpc) is 3.52. The number of nitrogens with zero attached hydrogens (tertiary/aromatic N) is 3. The highest BCUT2D eigenvalue weighted by atomic mass is 35.5. The van der Waals surface area contributed by atoms with Crippen molar-refractivity contribution in [3.63, 3.8) is 0 Å². The Bertz CT molecular complexity index is 1030. The first-order valence-corrected chi connectivity index (χ1v) is 9.64. The largest absolute Gasteiger partial charge is 0.477 e. The van der Waals surface area contributed by atoms with Crippen molar-refractivity contribution < 1.29 is 19.1 Å². The summed E-state index contributed by atoms with van der Waals surface area (Å²) in [6, 6.07) is 2.88. The summed E-state index contributed by atoms with van der Waals surface area (Å²) in [5, 5.41) is 9.39. The summed E-state index contributed by atoms with van der Waals surface area (Å²) in [5.41, 5.74) is -0.141. The predicted octanol–water partition coefficient (Wildman–Crippen LogP) is 2.06. The first kappa shape index (κ1) is 18.7. The van der Waals surface area contributed by atoms with E-state index in [-0.39, 0.29) is 28.8 Å². The van der Waals surface area contributed by atoms with Gasteiger partial charge in [-0.3, -0.25) is 9.59 Å². The van der Waals surface area contributed by atoms with E-state index in [2.05, 4.69) is 0 Å². The van der Waals surface area contributed by atoms with Crippen molar-refractivity contribution in [3.05, 3.63) is 39.9 Å². The number of aromatic nitrogens is 1. The molecule has 7 nitrogen and oxygen atoms in total. The number of hydrogen-bond acceptors (Lipinski definition) is 4. The number of aromatic carboxylic acids is 1. The first-order valence-electron chi connectivity index (χ1n) is 9.11. The molecule has 4 rings (SSSR count). The fourth-order valence-electron chi connectivity index (χ4n) is 3.69. The molecule has 2 aromatic rings. The van der Waals surface area contributed by atoms with Crippen LogP contribution in [0.25, 0.3) is 10.9 Å². The molecule has 2 heterocycles. The number of piperazine rings is 1. The Morgan fingerprint density at radius 3 is 2.43 bits per heavy atom. The van der Waals surface area contributed by atoms with Crippen molar-refractivity contribution in [2.75, 3.05) is 37.0 Å². The second kappa shape index (κ2) is 7.09. The lowest BCUT2D eigenvalue weighted by Crippen LogP contribution is -2.49. The maximum absolute atomic E-state index is 14.8. The highest BCUT2D eigenvalue weighted by Crippen LogP contribution is 2.38. The van der Waals surface area contributed by atoms with Crippen molar-refractivity contribution in [3.8, 4) is 0 Å². The van der Waals surface area contributed by atoms with Crippen LogP contribution in [-0.2, 0) is 4.79 Å². The lowest BCUT2D eigenvalue weighted by Gasteiger charge is -2.36. The molecule has 28 heavy (non-hydrogen) atoms. The molecule has 1 aromatic heterocycles. The number of anilines is 1. The van der Waals surface area contributed by atoms with E-state index >= 15 is 0 Å². The summed E-state index contributed by atoms with van der Waals surface area (Å²) in [4.78, 5) is 39.1. The van der Waals surface area contributed by atoms with Crippen LogP contribution in [0.3, 0.4) is 0 Å². The summed E-state index contributed by atoms with van der Waals surface area (Å²) in [7, 11) is 0.